The number of hydrogen-bond acceptors (Lipinski definition) is 4. The van der Waals surface area contributed by atoms with Crippen LogP contribution in [-0.4, -0.2) is 37.4 Å². The van der Waals surface area contributed by atoms with Gasteiger partial charge in [-0.2, -0.15) is 0 Å². The fraction of sp³-hybridized carbons (Fsp3) is 0.500. The number of aliphatic hydroxyl groups excluding tert-OH is 1. The predicted octanol–water partition coefficient (Wildman–Crippen LogP) is 1.35. The molecule has 0 saturated carbocycles. The van der Waals surface area contributed by atoms with E-state index in [4.69, 9.17) is 14.6 Å². The number of para-hydroxylation sites is 2. The quantitative estimate of drug-likeness (QED) is 0.698. The van der Waals surface area contributed by atoms with E-state index in [9.17, 15) is 4.79 Å². The average Bonchev–Trinajstić information content (AvgIpc) is 2.41. The van der Waals surface area contributed by atoms with Crippen molar-refractivity contribution in [3.05, 3.63) is 24.3 Å². The van der Waals surface area contributed by atoms with Gasteiger partial charge in [0.2, 0.25) is 5.91 Å². The van der Waals surface area contributed by atoms with Crippen LogP contribution in [0.25, 0.3) is 0 Å². The SMILES string of the molecule is COc1ccccc1OCCCC(=O)NCC(C)O. The van der Waals surface area contributed by atoms with Crippen LogP contribution in [0.4, 0.5) is 0 Å². The lowest BCUT2D eigenvalue weighted by Gasteiger charge is -2.10. The summed E-state index contributed by atoms with van der Waals surface area (Å²) in [6, 6.07) is 7.39. The lowest BCUT2D eigenvalue weighted by Crippen LogP contribution is -2.30. The third-order valence-corrected chi connectivity index (χ3v) is 2.47. The number of benzene rings is 1. The summed E-state index contributed by atoms with van der Waals surface area (Å²) in [4.78, 5) is 11.4. The van der Waals surface area contributed by atoms with E-state index in [1.807, 2.05) is 24.3 Å². The second-order valence-corrected chi connectivity index (χ2v) is 4.26. The number of carbonyl (C=O) groups is 1. The Morgan fingerprint density at radius 1 is 1.37 bits per heavy atom. The molecule has 0 aliphatic rings. The molecule has 1 unspecified atom stereocenters. The first kappa shape index (κ1) is 15.3. The number of hydrogen-bond donors (Lipinski definition) is 2. The van der Waals surface area contributed by atoms with Crippen molar-refractivity contribution in [2.45, 2.75) is 25.9 Å². The van der Waals surface area contributed by atoms with Gasteiger partial charge in [-0.1, -0.05) is 12.1 Å². The van der Waals surface area contributed by atoms with Gasteiger partial charge in [-0.05, 0) is 25.5 Å². The van der Waals surface area contributed by atoms with E-state index in [1.165, 1.54) is 0 Å². The highest BCUT2D eigenvalue weighted by Crippen LogP contribution is 2.25. The molecule has 0 aromatic heterocycles. The van der Waals surface area contributed by atoms with Gasteiger partial charge in [0.15, 0.2) is 11.5 Å². The highest BCUT2D eigenvalue weighted by molar-refractivity contribution is 5.75. The summed E-state index contributed by atoms with van der Waals surface area (Å²) >= 11 is 0. The number of aliphatic hydroxyl groups is 1. The molecule has 2 N–H and O–H groups in total. The highest BCUT2D eigenvalue weighted by atomic mass is 16.5. The van der Waals surface area contributed by atoms with E-state index in [0.29, 0.717) is 30.9 Å². The Morgan fingerprint density at radius 3 is 2.68 bits per heavy atom. The zero-order valence-electron chi connectivity index (χ0n) is 11.4. The maximum Gasteiger partial charge on any atom is 0.220 e. The highest BCUT2D eigenvalue weighted by Gasteiger charge is 2.05. The molecule has 1 atom stereocenters. The molecule has 0 saturated heterocycles. The van der Waals surface area contributed by atoms with Crippen LogP contribution in [0.5, 0.6) is 11.5 Å². The van der Waals surface area contributed by atoms with E-state index < -0.39 is 6.10 Å². The van der Waals surface area contributed by atoms with Crippen LogP contribution in [0.2, 0.25) is 0 Å². The van der Waals surface area contributed by atoms with Crippen molar-refractivity contribution in [3.63, 3.8) is 0 Å². The third kappa shape index (κ3) is 6.10. The number of nitrogens with one attached hydrogen (secondary N) is 1. The molecule has 5 heteroatoms. The van der Waals surface area contributed by atoms with E-state index in [0.717, 1.165) is 0 Å². The fourth-order valence-electron chi connectivity index (χ4n) is 1.50. The molecule has 5 nitrogen and oxygen atoms in total. The molecular formula is C14H21NO4. The van der Waals surface area contributed by atoms with Crippen molar-refractivity contribution in [3.8, 4) is 11.5 Å². The second-order valence-electron chi connectivity index (χ2n) is 4.26. The van der Waals surface area contributed by atoms with Crippen LogP contribution in [0.3, 0.4) is 0 Å². The van der Waals surface area contributed by atoms with Gasteiger partial charge in [0.05, 0.1) is 19.8 Å². The van der Waals surface area contributed by atoms with E-state index in [1.54, 1.807) is 14.0 Å². The Kier molecular flexibility index (Phi) is 6.74. The summed E-state index contributed by atoms with van der Waals surface area (Å²) in [5.74, 6) is 1.28. The van der Waals surface area contributed by atoms with Crippen molar-refractivity contribution in [2.75, 3.05) is 20.3 Å². The van der Waals surface area contributed by atoms with Gasteiger partial charge < -0.3 is 19.9 Å². The topological polar surface area (TPSA) is 67.8 Å². The van der Waals surface area contributed by atoms with Gasteiger partial charge >= 0.3 is 0 Å². The van der Waals surface area contributed by atoms with Gasteiger partial charge in [-0.3, -0.25) is 4.79 Å². The Balaban J connectivity index is 2.22. The first-order valence-corrected chi connectivity index (χ1v) is 6.34. The van der Waals surface area contributed by atoms with Gasteiger partial charge in [0, 0.05) is 13.0 Å². The van der Waals surface area contributed by atoms with Crippen molar-refractivity contribution >= 4 is 5.91 Å². The van der Waals surface area contributed by atoms with Gasteiger partial charge in [0.1, 0.15) is 0 Å². The van der Waals surface area contributed by atoms with Crippen molar-refractivity contribution < 1.29 is 19.4 Å². The lowest BCUT2D eigenvalue weighted by atomic mass is 10.3. The Hall–Kier alpha value is -1.75. The monoisotopic (exact) mass is 267 g/mol. The molecule has 0 spiro atoms. The van der Waals surface area contributed by atoms with Gasteiger partial charge in [0.25, 0.3) is 0 Å². The predicted molar refractivity (Wildman–Crippen MR) is 72.4 cm³/mol. The minimum atomic E-state index is -0.520. The number of rotatable bonds is 8. The van der Waals surface area contributed by atoms with E-state index >= 15 is 0 Å². The van der Waals surface area contributed by atoms with Crippen LogP contribution < -0.4 is 14.8 Å². The molecule has 19 heavy (non-hydrogen) atoms. The average molecular weight is 267 g/mol. The first-order chi connectivity index (χ1) is 9.13. The number of carbonyl (C=O) groups excluding carboxylic acids is 1. The molecule has 106 valence electrons. The summed E-state index contributed by atoms with van der Waals surface area (Å²) in [6.07, 6.45) is 0.472. The van der Waals surface area contributed by atoms with Crippen molar-refractivity contribution in [1.29, 1.82) is 0 Å². The smallest absolute Gasteiger partial charge is 0.220 e. The van der Waals surface area contributed by atoms with E-state index in [2.05, 4.69) is 5.32 Å². The summed E-state index contributed by atoms with van der Waals surface area (Å²) in [6.45, 7) is 2.36. The van der Waals surface area contributed by atoms with Crippen LogP contribution in [-0.2, 0) is 4.79 Å². The maximum absolute atomic E-state index is 11.4. The summed E-state index contributed by atoms with van der Waals surface area (Å²) in [5, 5.41) is 11.7. The summed E-state index contributed by atoms with van der Waals surface area (Å²) in [7, 11) is 1.59. The van der Waals surface area contributed by atoms with Crippen LogP contribution in [0.1, 0.15) is 19.8 Å². The lowest BCUT2D eigenvalue weighted by molar-refractivity contribution is -0.121. The fourth-order valence-corrected chi connectivity index (χ4v) is 1.50. The molecule has 1 amide bonds. The Morgan fingerprint density at radius 2 is 2.05 bits per heavy atom. The molecule has 1 aromatic rings. The molecule has 0 aliphatic heterocycles. The zero-order chi connectivity index (χ0) is 14.1. The largest absolute Gasteiger partial charge is 0.493 e. The second kappa shape index (κ2) is 8.37. The van der Waals surface area contributed by atoms with Crippen molar-refractivity contribution in [1.82, 2.24) is 5.32 Å². The molecule has 0 aliphatic carbocycles. The summed E-state index contributed by atoms with van der Waals surface area (Å²) in [5.41, 5.74) is 0. The Labute approximate surface area is 113 Å². The molecular weight excluding hydrogens is 246 g/mol. The zero-order valence-corrected chi connectivity index (χ0v) is 11.4. The number of methoxy groups -OCH3 is 1. The molecule has 1 rings (SSSR count). The van der Waals surface area contributed by atoms with Crippen LogP contribution in [0.15, 0.2) is 24.3 Å². The Bertz CT molecular complexity index is 393. The van der Waals surface area contributed by atoms with Crippen LogP contribution in [0, 0.1) is 0 Å². The molecule has 0 radical (unpaired) electrons. The molecule has 1 aromatic carbocycles. The first-order valence-electron chi connectivity index (χ1n) is 6.34. The van der Waals surface area contributed by atoms with E-state index in [-0.39, 0.29) is 12.5 Å². The number of ether oxygens (including phenoxy) is 2. The van der Waals surface area contributed by atoms with Gasteiger partial charge in [-0.15, -0.1) is 0 Å². The molecule has 0 fully saturated rings. The minimum Gasteiger partial charge on any atom is -0.493 e. The molecule has 0 bridgehead atoms. The summed E-state index contributed by atoms with van der Waals surface area (Å²) < 4.78 is 10.7. The van der Waals surface area contributed by atoms with Crippen molar-refractivity contribution in [2.24, 2.45) is 0 Å². The number of amides is 1. The maximum atomic E-state index is 11.4. The molecule has 0 heterocycles. The third-order valence-electron chi connectivity index (χ3n) is 2.47. The van der Waals surface area contributed by atoms with Gasteiger partial charge in [-0.25, -0.2) is 0 Å². The van der Waals surface area contributed by atoms with Crippen LogP contribution >= 0.6 is 0 Å². The normalized spacial score (nSPS) is 11.7. The standard InChI is InChI=1S/C14H21NO4/c1-11(16)10-15-14(17)8-5-9-19-13-7-4-3-6-12(13)18-2/h3-4,6-7,11,16H,5,8-10H2,1-2H3,(H,15,17). The minimum absolute atomic E-state index is 0.0791.